The molecule has 2 fully saturated rings. The molecule has 122 valence electrons. The van der Waals surface area contributed by atoms with E-state index in [4.69, 9.17) is 14.2 Å². The van der Waals surface area contributed by atoms with Crippen molar-refractivity contribution in [3.8, 4) is 11.5 Å². The largest absolute Gasteiger partial charge is 0.493 e. The zero-order valence-electron chi connectivity index (χ0n) is 13.7. The zero-order valence-corrected chi connectivity index (χ0v) is 13.7. The summed E-state index contributed by atoms with van der Waals surface area (Å²) in [6.45, 7) is 4.60. The Hall–Kier alpha value is -1.26. The topological polar surface area (TPSA) is 39.7 Å². The molecular weight excluding hydrogens is 278 g/mol. The molecule has 1 atom stereocenters. The highest BCUT2D eigenvalue weighted by atomic mass is 16.5. The first-order chi connectivity index (χ1) is 10.7. The Bertz CT molecular complexity index is 491. The maximum absolute atomic E-state index is 6.25. The van der Waals surface area contributed by atoms with Crippen LogP contribution in [0.2, 0.25) is 0 Å². The van der Waals surface area contributed by atoms with Gasteiger partial charge >= 0.3 is 0 Å². The molecule has 0 amide bonds. The minimum absolute atomic E-state index is 0.296. The Labute approximate surface area is 133 Å². The summed E-state index contributed by atoms with van der Waals surface area (Å²) in [5, 5.41) is 3.41. The molecule has 2 aliphatic rings. The molecule has 1 aliphatic heterocycles. The van der Waals surface area contributed by atoms with E-state index in [1.165, 1.54) is 19.3 Å². The highest BCUT2D eigenvalue weighted by Gasteiger charge is 2.31. The molecule has 1 aromatic carbocycles. The molecule has 3 rings (SSSR count). The fourth-order valence-corrected chi connectivity index (χ4v) is 3.37. The summed E-state index contributed by atoms with van der Waals surface area (Å²) < 4.78 is 17.7. The lowest BCUT2D eigenvalue weighted by Gasteiger charge is -2.35. The van der Waals surface area contributed by atoms with Crippen LogP contribution in [0.5, 0.6) is 11.5 Å². The summed E-state index contributed by atoms with van der Waals surface area (Å²) in [5.41, 5.74) is 0.848. The Morgan fingerprint density at radius 2 is 2.00 bits per heavy atom. The van der Waals surface area contributed by atoms with E-state index in [0.717, 1.165) is 49.6 Å². The predicted octanol–water partition coefficient (Wildman–Crippen LogP) is 3.24. The summed E-state index contributed by atoms with van der Waals surface area (Å²) in [5.74, 6) is 1.66. The Morgan fingerprint density at radius 1 is 1.18 bits per heavy atom. The Balaban J connectivity index is 1.82. The van der Waals surface area contributed by atoms with E-state index in [9.17, 15) is 0 Å². The molecule has 0 bridgehead atoms. The normalized spacial score (nSPS) is 26.6. The SMILES string of the molecule is COc1ccc(C2(C)CNCCO2)cc1OC1CCCCC1. The second-order valence-electron chi connectivity index (χ2n) is 6.50. The number of nitrogens with one attached hydrogen (secondary N) is 1. The molecule has 0 aromatic heterocycles. The fraction of sp³-hybridized carbons (Fsp3) is 0.667. The minimum atomic E-state index is -0.296. The lowest BCUT2D eigenvalue weighted by Crippen LogP contribution is -2.45. The van der Waals surface area contributed by atoms with E-state index in [-0.39, 0.29) is 5.60 Å². The molecule has 1 saturated carbocycles. The van der Waals surface area contributed by atoms with Crippen molar-refractivity contribution in [2.45, 2.75) is 50.7 Å². The smallest absolute Gasteiger partial charge is 0.161 e. The second-order valence-corrected chi connectivity index (χ2v) is 6.50. The third-order valence-electron chi connectivity index (χ3n) is 4.78. The highest BCUT2D eigenvalue weighted by molar-refractivity contribution is 5.45. The monoisotopic (exact) mass is 305 g/mol. The molecule has 4 nitrogen and oxygen atoms in total. The number of benzene rings is 1. The lowest BCUT2D eigenvalue weighted by molar-refractivity contribution is -0.0574. The van der Waals surface area contributed by atoms with Crippen LogP contribution >= 0.6 is 0 Å². The van der Waals surface area contributed by atoms with Gasteiger partial charge in [0.15, 0.2) is 11.5 Å². The van der Waals surface area contributed by atoms with Crippen LogP contribution in [0.4, 0.5) is 0 Å². The average Bonchev–Trinajstić information content (AvgIpc) is 2.56. The van der Waals surface area contributed by atoms with Crippen molar-refractivity contribution in [3.05, 3.63) is 23.8 Å². The third-order valence-corrected chi connectivity index (χ3v) is 4.78. The van der Waals surface area contributed by atoms with Crippen LogP contribution < -0.4 is 14.8 Å². The van der Waals surface area contributed by atoms with Gasteiger partial charge in [-0.3, -0.25) is 0 Å². The molecule has 1 aliphatic carbocycles. The van der Waals surface area contributed by atoms with Crippen molar-refractivity contribution in [2.75, 3.05) is 26.8 Å². The molecule has 1 unspecified atom stereocenters. The van der Waals surface area contributed by atoms with Gasteiger partial charge in [-0.25, -0.2) is 0 Å². The summed E-state index contributed by atoms with van der Waals surface area (Å²) in [4.78, 5) is 0. The molecule has 1 saturated heterocycles. The molecule has 0 radical (unpaired) electrons. The first-order valence-corrected chi connectivity index (χ1v) is 8.41. The van der Waals surface area contributed by atoms with Crippen molar-refractivity contribution in [2.24, 2.45) is 0 Å². The molecule has 4 heteroatoms. The van der Waals surface area contributed by atoms with Gasteiger partial charge in [-0.1, -0.05) is 12.5 Å². The standard InChI is InChI=1S/C18H27NO3/c1-18(13-19-10-11-21-18)14-8-9-16(20-2)17(12-14)22-15-6-4-3-5-7-15/h8-9,12,15,19H,3-7,10-11,13H2,1-2H3. The van der Waals surface area contributed by atoms with E-state index >= 15 is 0 Å². The van der Waals surface area contributed by atoms with E-state index in [0.29, 0.717) is 6.10 Å². The quantitative estimate of drug-likeness (QED) is 0.927. The molecule has 0 spiro atoms. The Kier molecular flexibility index (Phi) is 4.89. The van der Waals surface area contributed by atoms with Crippen molar-refractivity contribution < 1.29 is 14.2 Å². The van der Waals surface area contributed by atoms with E-state index in [1.54, 1.807) is 7.11 Å². The van der Waals surface area contributed by atoms with Gasteiger partial charge in [-0.05, 0) is 50.3 Å². The summed E-state index contributed by atoms with van der Waals surface area (Å²) >= 11 is 0. The van der Waals surface area contributed by atoms with Gasteiger partial charge in [-0.15, -0.1) is 0 Å². The molecule has 22 heavy (non-hydrogen) atoms. The number of hydrogen-bond acceptors (Lipinski definition) is 4. The van der Waals surface area contributed by atoms with Crippen LogP contribution in [0, 0.1) is 0 Å². The van der Waals surface area contributed by atoms with Gasteiger partial charge in [-0.2, -0.15) is 0 Å². The third kappa shape index (κ3) is 3.39. The number of hydrogen-bond donors (Lipinski definition) is 1. The first kappa shape index (κ1) is 15.6. The number of methoxy groups -OCH3 is 1. The summed E-state index contributed by atoms with van der Waals surface area (Å²) in [6, 6.07) is 6.18. The van der Waals surface area contributed by atoms with Crippen LogP contribution in [0.15, 0.2) is 18.2 Å². The maximum Gasteiger partial charge on any atom is 0.161 e. The zero-order chi connectivity index (χ0) is 15.4. The van der Waals surface area contributed by atoms with Crippen LogP contribution in [-0.2, 0) is 10.3 Å². The number of morpholine rings is 1. The predicted molar refractivity (Wildman–Crippen MR) is 86.7 cm³/mol. The second kappa shape index (κ2) is 6.88. The van der Waals surface area contributed by atoms with Crippen molar-refractivity contribution >= 4 is 0 Å². The summed E-state index contributed by atoms with van der Waals surface area (Å²) in [7, 11) is 1.70. The van der Waals surface area contributed by atoms with Gasteiger partial charge in [0, 0.05) is 13.1 Å². The molecule has 1 N–H and O–H groups in total. The van der Waals surface area contributed by atoms with Crippen molar-refractivity contribution in [1.29, 1.82) is 0 Å². The van der Waals surface area contributed by atoms with Crippen LogP contribution in [0.3, 0.4) is 0 Å². The van der Waals surface area contributed by atoms with E-state index < -0.39 is 0 Å². The number of ether oxygens (including phenoxy) is 3. The maximum atomic E-state index is 6.25. The van der Waals surface area contributed by atoms with Crippen LogP contribution in [0.1, 0.15) is 44.6 Å². The van der Waals surface area contributed by atoms with Gasteiger partial charge in [0.1, 0.15) is 5.60 Å². The fourth-order valence-electron chi connectivity index (χ4n) is 3.37. The van der Waals surface area contributed by atoms with Crippen LogP contribution in [-0.4, -0.2) is 32.9 Å². The van der Waals surface area contributed by atoms with E-state index in [2.05, 4.69) is 24.4 Å². The van der Waals surface area contributed by atoms with Gasteiger partial charge in [0.05, 0.1) is 19.8 Å². The average molecular weight is 305 g/mol. The first-order valence-electron chi connectivity index (χ1n) is 8.41. The summed E-state index contributed by atoms with van der Waals surface area (Å²) in [6.07, 6.45) is 6.45. The molecule has 1 heterocycles. The van der Waals surface area contributed by atoms with Gasteiger partial charge < -0.3 is 19.5 Å². The van der Waals surface area contributed by atoms with Gasteiger partial charge in [0.25, 0.3) is 0 Å². The number of rotatable bonds is 4. The molecular formula is C18H27NO3. The van der Waals surface area contributed by atoms with Crippen molar-refractivity contribution in [1.82, 2.24) is 5.32 Å². The Morgan fingerprint density at radius 3 is 2.68 bits per heavy atom. The van der Waals surface area contributed by atoms with E-state index in [1.807, 2.05) is 6.07 Å². The highest BCUT2D eigenvalue weighted by Crippen LogP contribution is 2.36. The van der Waals surface area contributed by atoms with Gasteiger partial charge in [0.2, 0.25) is 0 Å². The van der Waals surface area contributed by atoms with Crippen molar-refractivity contribution in [3.63, 3.8) is 0 Å². The van der Waals surface area contributed by atoms with Crippen LogP contribution in [0.25, 0.3) is 0 Å². The minimum Gasteiger partial charge on any atom is -0.493 e. The molecule has 1 aromatic rings. The lowest BCUT2D eigenvalue weighted by atomic mass is 9.94.